The van der Waals surface area contributed by atoms with Crippen LogP contribution in [0.3, 0.4) is 0 Å². The highest BCUT2D eigenvalue weighted by molar-refractivity contribution is 5.76. The van der Waals surface area contributed by atoms with Crippen molar-refractivity contribution < 1.29 is 13.5 Å². The largest absolute Gasteiger partial charge is 0.489 e. The zero-order valence-corrected chi connectivity index (χ0v) is 14.3. The van der Waals surface area contributed by atoms with Crippen molar-refractivity contribution in [3.63, 3.8) is 0 Å². The van der Waals surface area contributed by atoms with E-state index in [1.165, 1.54) is 0 Å². The summed E-state index contributed by atoms with van der Waals surface area (Å²) in [5.74, 6) is 0.616. The molecule has 0 fully saturated rings. The molecule has 5 nitrogen and oxygen atoms in total. The second-order valence-electron chi connectivity index (χ2n) is 5.72. The number of ether oxygens (including phenoxy) is 1. The van der Waals surface area contributed by atoms with Gasteiger partial charge < -0.3 is 14.5 Å². The highest BCUT2D eigenvalue weighted by atomic mass is 19.1. The van der Waals surface area contributed by atoms with E-state index in [0.29, 0.717) is 42.2 Å². The molecule has 1 aromatic carbocycles. The molecule has 3 rings (SSSR count). The topological polar surface area (TPSA) is 60.2 Å². The first-order valence-electron chi connectivity index (χ1n) is 8.15. The molecule has 0 aliphatic rings. The van der Waals surface area contributed by atoms with Gasteiger partial charge in [0.2, 0.25) is 0 Å². The Morgan fingerprint density at radius 2 is 2.20 bits per heavy atom. The highest BCUT2D eigenvalue weighted by Gasteiger charge is 2.07. The fourth-order valence-electron chi connectivity index (χ4n) is 2.24. The van der Waals surface area contributed by atoms with E-state index in [9.17, 15) is 4.39 Å². The van der Waals surface area contributed by atoms with Gasteiger partial charge in [-0.25, -0.2) is 4.39 Å². The third-order valence-electron chi connectivity index (χ3n) is 3.81. The molecule has 2 aromatic heterocycles. The number of nitrogens with one attached hydrogen (secondary N) is 1. The van der Waals surface area contributed by atoms with E-state index in [-0.39, 0.29) is 6.61 Å². The Kier molecular flexibility index (Phi) is 5.28. The van der Waals surface area contributed by atoms with Crippen molar-refractivity contribution in [2.45, 2.75) is 26.8 Å². The van der Waals surface area contributed by atoms with Crippen molar-refractivity contribution in [1.29, 1.82) is 0 Å². The Bertz CT molecular complexity index is 872. The highest BCUT2D eigenvalue weighted by Crippen LogP contribution is 2.24. The van der Waals surface area contributed by atoms with E-state index in [1.807, 2.05) is 38.2 Å². The summed E-state index contributed by atoms with van der Waals surface area (Å²) in [6.07, 6.45) is 3.03. The minimum absolute atomic E-state index is 0.220. The maximum absolute atomic E-state index is 12.6. The number of pyridine rings is 1. The van der Waals surface area contributed by atoms with Crippen LogP contribution in [0.4, 0.5) is 10.4 Å². The predicted molar refractivity (Wildman–Crippen MR) is 95.3 cm³/mol. The molecule has 0 spiro atoms. The third kappa shape index (κ3) is 4.35. The van der Waals surface area contributed by atoms with E-state index >= 15 is 0 Å². The summed E-state index contributed by atoms with van der Waals surface area (Å²) in [6.45, 7) is 4.63. The molecule has 0 saturated carbocycles. The SMILES string of the molecule is CC/C(=C/F)COc1ccc2nc(NCc3ccc(C)nc3)oc2c1. The van der Waals surface area contributed by atoms with E-state index in [2.05, 4.69) is 15.3 Å². The lowest BCUT2D eigenvalue weighted by Gasteiger charge is -2.06. The normalized spacial score (nSPS) is 11.7. The van der Waals surface area contributed by atoms with Gasteiger partial charge in [0, 0.05) is 24.5 Å². The maximum atomic E-state index is 12.6. The first kappa shape index (κ1) is 17.0. The van der Waals surface area contributed by atoms with E-state index < -0.39 is 0 Å². The van der Waals surface area contributed by atoms with Gasteiger partial charge >= 0.3 is 0 Å². The average Bonchev–Trinajstić information content (AvgIpc) is 3.04. The van der Waals surface area contributed by atoms with Crippen LogP contribution >= 0.6 is 0 Å². The minimum Gasteiger partial charge on any atom is -0.489 e. The molecule has 0 aliphatic carbocycles. The Morgan fingerprint density at radius 1 is 1.32 bits per heavy atom. The van der Waals surface area contributed by atoms with Crippen molar-refractivity contribution >= 4 is 17.1 Å². The zero-order valence-electron chi connectivity index (χ0n) is 14.3. The molecule has 6 heteroatoms. The van der Waals surface area contributed by atoms with E-state index in [4.69, 9.17) is 9.15 Å². The summed E-state index contributed by atoms with van der Waals surface area (Å²) >= 11 is 0. The maximum Gasteiger partial charge on any atom is 0.295 e. The van der Waals surface area contributed by atoms with Crippen LogP contribution in [-0.4, -0.2) is 16.6 Å². The lowest BCUT2D eigenvalue weighted by Crippen LogP contribution is -2.00. The molecule has 0 unspecified atom stereocenters. The van der Waals surface area contributed by atoms with Gasteiger partial charge in [0.25, 0.3) is 6.01 Å². The fourth-order valence-corrected chi connectivity index (χ4v) is 2.24. The van der Waals surface area contributed by atoms with Crippen LogP contribution in [0.15, 0.2) is 52.8 Å². The monoisotopic (exact) mass is 341 g/mol. The van der Waals surface area contributed by atoms with E-state index in [0.717, 1.165) is 16.8 Å². The third-order valence-corrected chi connectivity index (χ3v) is 3.81. The number of benzene rings is 1. The molecule has 0 saturated heterocycles. The zero-order chi connectivity index (χ0) is 17.6. The fraction of sp³-hybridized carbons (Fsp3) is 0.263. The Labute approximate surface area is 145 Å². The van der Waals surface area contributed by atoms with Gasteiger partial charge in [0.05, 0.1) is 6.33 Å². The number of anilines is 1. The van der Waals surface area contributed by atoms with Crippen LogP contribution in [0.2, 0.25) is 0 Å². The molecule has 25 heavy (non-hydrogen) atoms. The molecule has 0 atom stereocenters. The summed E-state index contributed by atoms with van der Waals surface area (Å²) in [5, 5.41) is 3.14. The minimum atomic E-state index is 0.220. The number of aromatic nitrogens is 2. The lowest BCUT2D eigenvalue weighted by molar-refractivity contribution is 0.345. The van der Waals surface area contributed by atoms with Gasteiger partial charge in [0.15, 0.2) is 5.58 Å². The smallest absolute Gasteiger partial charge is 0.295 e. The molecule has 3 aromatic rings. The first-order valence-corrected chi connectivity index (χ1v) is 8.15. The first-order chi connectivity index (χ1) is 12.2. The van der Waals surface area contributed by atoms with Gasteiger partial charge in [-0.2, -0.15) is 4.98 Å². The molecule has 0 aliphatic heterocycles. The Morgan fingerprint density at radius 3 is 2.92 bits per heavy atom. The quantitative estimate of drug-likeness (QED) is 0.670. The number of halogens is 1. The molecule has 0 bridgehead atoms. The second-order valence-corrected chi connectivity index (χ2v) is 5.72. The molecule has 0 amide bonds. The molecular formula is C19H20FN3O2. The summed E-state index contributed by atoms with van der Waals surface area (Å²) in [6, 6.07) is 9.77. The lowest BCUT2D eigenvalue weighted by atomic mass is 10.2. The van der Waals surface area contributed by atoms with Gasteiger partial charge in [-0.05, 0) is 42.7 Å². The van der Waals surface area contributed by atoms with Crippen LogP contribution in [0.5, 0.6) is 5.75 Å². The van der Waals surface area contributed by atoms with Crippen molar-refractivity contribution in [3.05, 3.63) is 59.7 Å². The molecule has 1 N–H and O–H groups in total. The van der Waals surface area contributed by atoms with Crippen LogP contribution in [0.25, 0.3) is 11.1 Å². The van der Waals surface area contributed by atoms with Gasteiger partial charge in [-0.15, -0.1) is 0 Å². The molecular weight excluding hydrogens is 321 g/mol. The standard InChI is InChI=1S/C19H20FN3O2/c1-3-14(9-20)12-24-16-6-7-17-18(8-16)25-19(23-17)22-11-15-5-4-13(2)21-10-15/h4-10H,3,11-12H2,1-2H3,(H,22,23)/b14-9-. The number of hydrogen-bond donors (Lipinski definition) is 1. The molecule has 130 valence electrons. The van der Waals surface area contributed by atoms with Crippen LogP contribution < -0.4 is 10.1 Å². The molecule has 0 radical (unpaired) electrons. The van der Waals surface area contributed by atoms with Crippen molar-refractivity contribution in [2.24, 2.45) is 0 Å². The number of rotatable bonds is 7. The number of fused-ring (bicyclic) bond motifs is 1. The number of hydrogen-bond acceptors (Lipinski definition) is 5. The van der Waals surface area contributed by atoms with Crippen molar-refractivity contribution in [1.82, 2.24) is 9.97 Å². The summed E-state index contributed by atoms with van der Waals surface area (Å²) in [5.41, 5.74) is 3.97. The summed E-state index contributed by atoms with van der Waals surface area (Å²) in [7, 11) is 0. The van der Waals surface area contributed by atoms with Gasteiger partial charge in [0.1, 0.15) is 17.9 Å². The number of oxazole rings is 1. The van der Waals surface area contributed by atoms with Gasteiger partial charge in [-0.3, -0.25) is 4.98 Å². The molecule has 2 heterocycles. The Balaban J connectivity index is 1.66. The van der Waals surface area contributed by atoms with Crippen molar-refractivity contribution in [2.75, 3.05) is 11.9 Å². The summed E-state index contributed by atoms with van der Waals surface area (Å²) in [4.78, 5) is 8.64. The van der Waals surface area contributed by atoms with E-state index in [1.54, 1.807) is 12.1 Å². The number of nitrogens with zero attached hydrogens (tertiary/aromatic N) is 2. The second kappa shape index (κ2) is 7.79. The van der Waals surface area contributed by atoms with Crippen LogP contribution in [-0.2, 0) is 6.54 Å². The predicted octanol–water partition coefficient (Wildman–Crippen LogP) is 4.79. The van der Waals surface area contributed by atoms with Gasteiger partial charge in [-0.1, -0.05) is 13.0 Å². The Hall–Kier alpha value is -2.89. The van der Waals surface area contributed by atoms with Crippen LogP contribution in [0, 0.1) is 6.92 Å². The number of aryl methyl sites for hydroxylation is 1. The average molecular weight is 341 g/mol. The summed E-state index contributed by atoms with van der Waals surface area (Å²) < 4.78 is 23.9. The van der Waals surface area contributed by atoms with Crippen LogP contribution in [0.1, 0.15) is 24.6 Å². The van der Waals surface area contributed by atoms with Crippen molar-refractivity contribution in [3.8, 4) is 5.75 Å².